The molecule has 1 heterocycles. The molecule has 1 spiro atoms. The molecule has 1 saturated carbocycles. The topological polar surface area (TPSA) is 27.6 Å². The quantitative estimate of drug-likeness (QED) is 0.856. The van der Waals surface area contributed by atoms with E-state index < -0.39 is 0 Å². The predicted molar refractivity (Wildman–Crippen MR) is 85.1 cm³/mol. The van der Waals surface area contributed by atoms with Crippen LogP contribution in [-0.2, 0) is 0 Å². The minimum atomic E-state index is 0.281. The zero-order chi connectivity index (χ0) is 14.3. The van der Waals surface area contributed by atoms with Crippen LogP contribution in [-0.4, -0.2) is 44.5 Å². The van der Waals surface area contributed by atoms with Crippen molar-refractivity contribution < 1.29 is 0 Å². The summed E-state index contributed by atoms with van der Waals surface area (Å²) in [5.74, 6) is 1.25. The maximum absolute atomic E-state index is 5.01. The molecule has 20 heavy (non-hydrogen) atoms. The molecule has 3 heteroatoms. The summed E-state index contributed by atoms with van der Waals surface area (Å²) in [5.41, 5.74) is 5.03. The van der Waals surface area contributed by atoms with E-state index in [1.54, 1.807) is 16.7 Å². The van der Waals surface area contributed by atoms with Crippen LogP contribution in [0.1, 0.15) is 39.0 Å². The summed E-state index contributed by atoms with van der Waals surface area (Å²) in [6.45, 7) is 3.35. The van der Waals surface area contributed by atoms with E-state index in [-0.39, 0.29) is 5.41 Å². The van der Waals surface area contributed by atoms with Crippen molar-refractivity contribution in [2.75, 3.05) is 27.7 Å². The van der Waals surface area contributed by atoms with E-state index in [0.717, 1.165) is 19.4 Å². The average Bonchev–Trinajstić information content (AvgIpc) is 2.69. The minimum absolute atomic E-state index is 0.281. The highest BCUT2D eigenvalue weighted by Gasteiger charge is 2.52. The fraction of sp³-hybridized carbons (Fsp3) is 0.706. The summed E-state index contributed by atoms with van der Waals surface area (Å²) in [7, 11) is 6.35. The van der Waals surface area contributed by atoms with Crippen molar-refractivity contribution in [3.63, 3.8) is 0 Å². The maximum atomic E-state index is 5.01. The Morgan fingerprint density at radius 1 is 1.40 bits per heavy atom. The molecular formula is C17H27N3. The van der Waals surface area contributed by atoms with Gasteiger partial charge in [0.2, 0.25) is 0 Å². The van der Waals surface area contributed by atoms with Gasteiger partial charge in [0, 0.05) is 13.6 Å². The third-order valence-electron chi connectivity index (χ3n) is 5.21. The number of aliphatic imine (C=N–C) groups is 1. The molecule has 3 nitrogen and oxygen atoms in total. The lowest BCUT2D eigenvalue weighted by Gasteiger charge is -2.42. The normalized spacial score (nSPS) is 27.4. The van der Waals surface area contributed by atoms with Gasteiger partial charge in [-0.25, -0.2) is 0 Å². The molecule has 3 aliphatic rings. The number of hydrogen-bond acceptors (Lipinski definition) is 3. The molecule has 0 aromatic heterocycles. The summed E-state index contributed by atoms with van der Waals surface area (Å²) in [4.78, 5) is 7.29. The number of nitrogens with zero attached hydrogens (tertiary/aromatic N) is 2. The predicted octanol–water partition coefficient (Wildman–Crippen LogP) is 2.76. The Balaban J connectivity index is 1.96. The molecule has 0 aromatic rings. The molecular weight excluding hydrogens is 246 g/mol. The van der Waals surface area contributed by atoms with Crippen LogP contribution in [0.2, 0.25) is 0 Å². The molecule has 1 atom stereocenters. The second-order valence-electron chi connectivity index (χ2n) is 6.70. The van der Waals surface area contributed by atoms with E-state index in [4.69, 9.17) is 4.99 Å². The molecule has 2 aliphatic carbocycles. The van der Waals surface area contributed by atoms with Gasteiger partial charge < -0.3 is 10.2 Å². The molecule has 3 rings (SSSR count). The monoisotopic (exact) mass is 273 g/mol. The zero-order valence-electron chi connectivity index (χ0n) is 13.3. The smallest absolute Gasteiger partial charge is 0.107 e. The van der Waals surface area contributed by atoms with Crippen LogP contribution in [0.15, 0.2) is 27.8 Å². The molecule has 1 fully saturated rings. The molecule has 0 bridgehead atoms. The fourth-order valence-electron chi connectivity index (χ4n) is 4.11. The molecule has 0 aromatic carbocycles. The van der Waals surface area contributed by atoms with Crippen molar-refractivity contribution in [1.82, 2.24) is 10.2 Å². The highest BCUT2D eigenvalue weighted by Crippen LogP contribution is 2.55. The van der Waals surface area contributed by atoms with Gasteiger partial charge in [0.05, 0.1) is 11.5 Å². The number of hydrogen-bond donors (Lipinski definition) is 1. The molecule has 1 N–H and O–H groups in total. The highest BCUT2D eigenvalue weighted by molar-refractivity contribution is 5.95. The molecule has 110 valence electrons. The van der Waals surface area contributed by atoms with Crippen LogP contribution in [0.5, 0.6) is 0 Å². The van der Waals surface area contributed by atoms with Gasteiger partial charge in [-0.1, -0.05) is 25.0 Å². The summed E-state index contributed by atoms with van der Waals surface area (Å²) in [6, 6.07) is 0.406. The second-order valence-corrected chi connectivity index (χ2v) is 6.70. The van der Waals surface area contributed by atoms with Crippen LogP contribution in [0.3, 0.4) is 0 Å². The summed E-state index contributed by atoms with van der Waals surface area (Å²) >= 11 is 0. The van der Waals surface area contributed by atoms with E-state index in [1.165, 1.54) is 25.1 Å². The van der Waals surface area contributed by atoms with E-state index in [0.29, 0.717) is 6.04 Å². The van der Waals surface area contributed by atoms with Gasteiger partial charge in [0.15, 0.2) is 0 Å². The Morgan fingerprint density at radius 3 is 2.65 bits per heavy atom. The number of likely N-dealkylation sites (N-methyl/N-ethyl adjacent to an activating group) is 1. The number of allylic oxidation sites excluding steroid dienone is 2. The van der Waals surface area contributed by atoms with Gasteiger partial charge in [0.25, 0.3) is 0 Å². The van der Waals surface area contributed by atoms with Crippen molar-refractivity contribution in [2.45, 2.75) is 45.1 Å². The second kappa shape index (κ2) is 5.03. The Kier molecular flexibility index (Phi) is 3.49. The number of nitrogens with one attached hydrogen (secondary N) is 1. The van der Waals surface area contributed by atoms with Crippen molar-refractivity contribution >= 4 is 5.84 Å². The van der Waals surface area contributed by atoms with Gasteiger partial charge >= 0.3 is 0 Å². The fourth-order valence-corrected chi connectivity index (χ4v) is 4.11. The van der Waals surface area contributed by atoms with Gasteiger partial charge in [-0.05, 0) is 50.9 Å². The average molecular weight is 273 g/mol. The molecule has 1 aliphatic heterocycles. The Labute approximate surface area is 122 Å². The highest BCUT2D eigenvalue weighted by atomic mass is 15.1. The van der Waals surface area contributed by atoms with Gasteiger partial charge in [-0.15, -0.1) is 0 Å². The first-order valence-corrected chi connectivity index (χ1v) is 7.94. The van der Waals surface area contributed by atoms with E-state index in [1.807, 2.05) is 7.05 Å². The lowest BCUT2D eigenvalue weighted by molar-refractivity contribution is 0.280. The van der Waals surface area contributed by atoms with Crippen LogP contribution in [0.25, 0.3) is 0 Å². The largest absolute Gasteiger partial charge is 0.376 e. The number of fused-ring (bicyclic) bond motifs is 2. The van der Waals surface area contributed by atoms with E-state index in [2.05, 4.69) is 37.3 Å². The third kappa shape index (κ3) is 1.95. The van der Waals surface area contributed by atoms with Gasteiger partial charge in [0.1, 0.15) is 5.84 Å². The molecule has 0 saturated heterocycles. The van der Waals surface area contributed by atoms with Crippen LogP contribution < -0.4 is 5.32 Å². The molecule has 0 amide bonds. The first kappa shape index (κ1) is 13.9. The van der Waals surface area contributed by atoms with Crippen molar-refractivity contribution in [1.29, 1.82) is 0 Å². The van der Waals surface area contributed by atoms with Crippen molar-refractivity contribution in [3.05, 3.63) is 22.8 Å². The van der Waals surface area contributed by atoms with E-state index in [9.17, 15) is 0 Å². The maximum Gasteiger partial charge on any atom is 0.107 e. The minimum Gasteiger partial charge on any atom is -0.376 e. The first-order valence-electron chi connectivity index (χ1n) is 7.94. The third-order valence-corrected chi connectivity index (χ3v) is 5.21. The summed E-state index contributed by atoms with van der Waals surface area (Å²) in [6.07, 6.45) is 8.69. The Bertz CT molecular complexity index is 492. The lowest BCUT2D eigenvalue weighted by Crippen LogP contribution is -2.43. The van der Waals surface area contributed by atoms with Gasteiger partial charge in [-0.2, -0.15) is 0 Å². The van der Waals surface area contributed by atoms with Crippen LogP contribution >= 0.6 is 0 Å². The summed E-state index contributed by atoms with van der Waals surface area (Å²) < 4.78 is 0. The van der Waals surface area contributed by atoms with Crippen molar-refractivity contribution in [2.24, 2.45) is 10.4 Å². The number of amidine groups is 1. The summed E-state index contributed by atoms with van der Waals surface area (Å²) in [5, 5.41) is 3.38. The zero-order valence-corrected chi connectivity index (χ0v) is 13.3. The van der Waals surface area contributed by atoms with E-state index >= 15 is 0 Å². The number of rotatable bonds is 3. The standard InChI is InChI=1S/C17H27N3/c1-5-12-9-14-15(10-13(12)11-20(3)4)19-16(18-2)17(14)7-6-8-17/h9,15H,5-8,10-11H2,1-4H3,(H,18,19). The van der Waals surface area contributed by atoms with Crippen LogP contribution in [0.4, 0.5) is 0 Å². The Hall–Kier alpha value is -1.09. The van der Waals surface area contributed by atoms with Crippen molar-refractivity contribution in [3.8, 4) is 0 Å². The Morgan fingerprint density at radius 2 is 2.15 bits per heavy atom. The first-order chi connectivity index (χ1) is 9.60. The van der Waals surface area contributed by atoms with Crippen LogP contribution in [0, 0.1) is 5.41 Å². The molecule has 1 unspecified atom stereocenters. The van der Waals surface area contributed by atoms with Gasteiger partial charge in [-0.3, -0.25) is 4.99 Å². The lowest BCUT2D eigenvalue weighted by atomic mass is 9.61. The molecule has 0 radical (unpaired) electrons. The SMILES string of the molecule is CCC1=C(CN(C)C)CC2N=C(NC)C3(CCC3)C2=C1.